The van der Waals surface area contributed by atoms with E-state index in [1.54, 1.807) is 18.2 Å². The van der Waals surface area contributed by atoms with Gasteiger partial charge >= 0.3 is 0 Å². The molecule has 0 unspecified atom stereocenters. The largest absolute Gasteiger partial charge is 0.490 e. The summed E-state index contributed by atoms with van der Waals surface area (Å²) in [6.45, 7) is 4.49. The zero-order valence-corrected chi connectivity index (χ0v) is 19.3. The van der Waals surface area contributed by atoms with Crippen molar-refractivity contribution in [3.05, 3.63) is 52.0 Å². The normalized spacial score (nSPS) is 11.1. The average molecular weight is 475 g/mol. The molecule has 0 saturated heterocycles. The van der Waals surface area contributed by atoms with Gasteiger partial charge in [0.25, 0.3) is 0 Å². The Bertz CT molecular complexity index is 999. The van der Waals surface area contributed by atoms with Crippen LogP contribution in [0.3, 0.4) is 0 Å². The van der Waals surface area contributed by atoms with Gasteiger partial charge in [0, 0.05) is 11.6 Å². The Morgan fingerprint density at radius 1 is 1.03 bits per heavy atom. The molecule has 10 heteroatoms. The van der Waals surface area contributed by atoms with Gasteiger partial charge in [0.15, 0.2) is 11.5 Å². The molecule has 0 aliphatic carbocycles. The fourth-order valence-electron chi connectivity index (χ4n) is 2.66. The van der Waals surface area contributed by atoms with Gasteiger partial charge in [-0.25, -0.2) is 8.42 Å². The van der Waals surface area contributed by atoms with Crippen molar-refractivity contribution < 1.29 is 22.7 Å². The summed E-state index contributed by atoms with van der Waals surface area (Å²) in [6, 6.07) is 9.74. The molecular weight excluding hydrogens is 451 g/mol. The molecule has 0 aromatic heterocycles. The molecule has 0 bridgehead atoms. The van der Waals surface area contributed by atoms with Crippen LogP contribution in [0.1, 0.15) is 19.4 Å². The molecular formula is C20H24Cl2N2O5S. The molecule has 1 amide bonds. The van der Waals surface area contributed by atoms with Crippen LogP contribution in [0.5, 0.6) is 11.5 Å². The van der Waals surface area contributed by atoms with Crippen molar-refractivity contribution in [2.45, 2.75) is 20.4 Å². The monoisotopic (exact) mass is 474 g/mol. The molecule has 2 aromatic carbocycles. The van der Waals surface area contributed by atoms with Crippen molar-refractivity contribution in [2.75, 3.05) is 30.3 Å². The molecule has 0 aliphatic rings. The lowest BCUT2D eigenvalue weighted by Gasteiger charge is -2.23. The number of ether oxygens (including phenoxy) is 2. The second-order valence-corrected chi connectivity index (χ2v) is 9.04. The maximum Gasteiger partial charge on any atom is 0.241 e. The summed E-state index contributed by atoms with van der Waals surface area (Å²) < 4.78 is 36.5. The lowest BCUT2D eigenvalue weighted by atomic mass is 10.2. The number of carbonyl (C=O) groups excluding carboxylic acids is 1. The van der Waals surface area contributed by atoms with E-state index < -0.39 is 22.5 Å². The van der Waals surface area contributed by atoms with E-state index in [4.69, 9.17) is 32.7 Å². The van der Waals surface area contributed by atoms with Crippen LogP contribution in [0.4, 0.5) is 5.69 Å². The Morgan fingerprint density at radius 2 is 1.70 bits per heavy atom. The number of sulfonamides is 1. The van der Waals surface area contributed by atoms with Crippen LogP contribution in [0.15, 0.2) is 36.4 Å². The quantitative estimate of drug-likeness (QED) is 0.564. The molecule has 7 nitrogen and oxygen atoms in total. The van der Waals surface area contributed by atoms with Gasteiger partial charge in [0.2, 0.25) is 15.9 Å². The van der Waals surface area contributed by atoms with Gasteiger partial charge in [-0.2, -0.15) is 0 Å². The topological polar surface area (TPSA) is 84.9 Å². The van der Waals surface area contributed by atoms with Crippen molar-refractivity contribution in [3.63, 3.8) is 0 Å². The second-order valence-electron chi connectivity index (χ2n) is 6.29. The van der Waals surface area contributed by atoms with E-state index in [2.05, 4.69) is 5.32 Å². The highest BCUT2D eigenvalue weighted by molar-refractivity contribution is 7.92. The lowest BCUT2D eigenvalue weighted by molar-refractivity contribution is -0.119. The molecule has 1 N–H and O–H groups in total. The Balaban J connectivity index is 2.12. The lowest BCUT2D eigenvalue weighted by Crippen LogP contribution is -2.40. The number of hydrogen-bond donors (Lipinski definition) is 1. The van der Waals surface area contributed by atoms with Gasteiger partial charge in [-0.15, -0.1) is 0 Å². The summed E-state index contributed by atoms with van der Waals surface area (Å²) >= 11 is 12.0. The van der Waals surface area contributed by atoms with Crippen molar-refractivity contribution in [1.29, 1.82) is 0 Å². The highest BCUT2D eigenvalue weighted by Gasteiger charge is 2.23. The number of halogens is 2. The van der Waals surface area contributed by atoms with Crippen LogP contribution in [-0.4, -0.2) is 40.3 Å². The molecule has 2 rings (SSSR count). The molecule has 30 heavy (non-hydrogen) atoms. The third-order valence-electron chi connectivity index (χ3n) is 3.96. The summed E-state index contributed by atoms with van der Waals surface area (Å²) in [5, 5.41) is 3.21. The Morgan fingerprint density at radius 3 is 2.30 bits per heavy atom. The van der Waals surface area contributed by atoms with Crippen LogP contribution in [-0.2, 0) is 21.4 Å². The molecule has 0 heterocycles. The van der Waals surface area contributed by atoms with E-state index >= 15 is 0 Å². The Hall–Kier alpha value is -2.16. The Labute approximate surface area is 186 Å². The zero-order valence-electron chi connectivity index (χ0n) is 16.9. The number of carbonyl (C=O) groups is 1. The van der Waals surface area contributed by atoms with Crippen LogP contribution in [0.25, 0.3) is 0 Å². The summed E-state index contributed by atoms with van der Waals surface area (Å²) in [5.74, 6) is 0.713. The average Bonchev–Trinajstić information content (AvgIpc) is 2.66. The fraction of sp³-hybridized carbons (Fsp3) is 0.350. The molecule has 2 aromatic rings. The number of benzene rings is 2. The molecule has 0 atom stereocenters. The van der Waals surface area contributed by atoms with Crippen LogP contribution < -0.4 is 19.1 Å². The number of amides is 1. The number of rotatable bonds is 10. The first kappa shape index (κ1) is 24.1. The highest BCUT2D eigenvalue weighted by Crippen LogP contribution is 2.30. The third kappa shape index (κ3) is 6.68. The predicted molar refractivity (Wildman–Crippen MR) is 119 cm³/mol. The van der Waals surface area contributed by atoms with Crippen LogP contribution >= 0.6 is 23.2 Å². The molecule has 0 spiro atoms. The predicted octanol–water partition coefficient (Wildman–Crippen LogP) is 3.87. The molecule has 164 valence electrons. The summed E-state index contributed by atoms with van der Waals surface area (Å²) in [5.41, 5.74) is 0.962. The van der Waals surface area contributed by atoms with Gasteiger partial charge < -0.3 is 14.8 Å². The van der Waals surface area contributed by atoms with E-state index in [1.807, 2.05) is 13.8 Å². The summed E-state index contributed by atoms with van der Waals surface area (Å²) in [7, 11) is -3.75. The minimum absolute atomic E-state index is 0.133. The SMILES string of the molecule is CCOc1ccc(CNC(=O)CN(c2ccc(Cl)cc2Cl)S(C)(=O)=O)cc1OCC. The number of nitrogens with one attached hydrogen (secondary N) is 1. The minimum Gasteiger partial charge on any atom is -0.490 e. The van der Waals surface area contributed by atoms with Crippen molar-refractivity contribution >= 4 is 44.8 Å². The number of hydrogen-bond acceptors (Lipinski definition) is 5. The maximum atomic E-state index is 12.5. The summed E-state index contributed by atoms with van der Waals surface area (Å²) in [6.07, 6.45) is 1.01. The van der Waals surface area contributed by atoms with Gasteiger partial charge in [0.1, 0.15) is 6.54 Å². The van der Waals surface area contributed by atoms with Gasteiger partial charge in [-0.1, -0.05) is 29.3 Å². The van der Waals surface area contributed by atoms with Crippen LogP contribution in [0.2, 0.25) is 10.0 Å². The fourth-order valence-corrected chi connectivity index (χ4v) is 4.09. The van der Waals surface area contributed by atoms with Crippen LogP contribution in [0, 0.1) is 0 Å². The first-order valence-corrected chi connectivity index (χ1v) is 11.8. The standard InChI is InChI=1S/C20H24Cl2N2O5S/c1-4-28-18-9-6-14(10-19(18)29-5-2)12-23-20(25)13-24(30(3,26)27)17-8-7-15(21)11-16(17)22/h6-11H,4-5,12-13H2,1-3H3,(H,23,25). The first-order chi connectivity index (χ1) is 14.2. The number of anilines is 1. The number of nitrogens with zero attached hydrogens (tertiary/aromatic N) is 1. The maximum absolute atomic E-state index is 12.5. The minimum atomic E-state index is -3.75. The molecule has 0 aliphatic heterocycles. The van der Waals surface area contributed by atoms with E-state index in [9.17, 15) is 13.2 Å². The first-order valence-electron chi connectivity index (χ1n) is 9.23. The summed E-state index contributed by atoms with van der Waals surface area (Å²) in [4.78, 5) is 12.5. The van der Waals surface area contributed by atoms with Gasteiger partial charge in [0.05, 0.1) is 30.2 Å². The third-order valence-corrected chi connectivity index (χ3v) is 5.63. The van der Waals surface area contributed by atoms with Gasteiger partial charge in [-0.3, -0.25) is 9.10 Å². The van der Waals surface area contributed by atoms with Crippen molar-refractivity contribution in [1.82, 2.24) is 5.32 Å². The molecule has 0 radical (unpaired) electrons. The van der Waals surface area contributed by atoms with Crippen molar-refractivity contribution in [2.24, 2.45) is 0 Å². The Kier molecular flexibility index (Phi) is 8.64. The van der Waals surface area contributed by atoms with E-state index in [-0.39, 0.29) is 17.3 Å². The van der Waals surface area contributed by atoms with E-state index in [0.29, 0.717) is 29.7 Å². The smallest absolute Gasteiger partial charge is 0.241 e. The second kappa shape index (κ2) is 10.7. The highest BCUT2D eigenvalue weighted by atomic mass is 35.5. The van der Waals surface area contributed by atoms with E-state index in [0.717, 1.165) is 16.1 Å². The van der Waals surface area contributed by atoms with E-state index in [1.165, 1.54) is 18.2 Å². The molecule has 0 fully saturated rings. The zero-order chi connectivity index (χ0) is 22.3. The van der Waals surface area contributed by atoms with Gasteiger partial charge in [-0.05, 0) is 49.7 Å². The molecule has 0 saturated carbocycles. The van der Waals surface area contributed by atoms with Crippen molar-refractivity contribution in [3.8, 4) is 11.5 Å².